The minimum Gasteiger partial charge on any atom is -1.00 e. The van der Waals surface area contributed by atoms with Gasteiger partial charge in [-0.05, 0) is 0 Å². The minimum atomic E-state index is -2.92. The third kappa shape index (κ3) is 6.79. The van der Waals surface area contributed by atoms with E-state index in [4.69, 9.17) is 0 Å². The molecule has 0 aliphatic heterocycles. The smallest absolute Gasteiger partial charge is 1.00 e. The van der Waals surface area contributed by atoms with E-state index in [1.165, 1.54) is 71.6 Å². The first-order valence-electron chi connectivity index (χ1n) is 18.3. The molecule has 2 aliphatic rings. The van der Waals surface area contributed by atoms with Gasteiger partial charge in [-0.1, -0.05) is 0 Å². The van der Waals surface area contributed by atoms with Crippen LogP contribution < -0.4 is 28.1 Å². The fourth-order valence-corrected chi connectivity index (χ4v) is 17.1. The molecule has 0 nitrogen and oxygen atoms in total. The van der Waals surface area contributed by atoms with E-state index in [1.807, 2.05) is 0 Å². The molecule has 0 N–H and O–H groups in total. The van der Waals surface area contributed by atoms with Crippen LogP contribution in [-0.4, -0.2) is 3.21 Å². The maximum Gasteiger partial charge on any atom is -1.00 e. The number of aryl methyl sites for hydroxylation is 1. The zero-order valence-corrected chi connectivity index (χ0v) is 35.7. The minimum absolute atomic E-state index is 0. The maximum absolute atomic E-state index is 2.92. The fourth-order valence-electron chi connectivity index (χ4n) is 8.76. The number of hydrogen-bond donors (Lipinski definition) is 0. The Hall–Kier alpha value is -3.35. The molecular weight excluding hydrogens is 751 g/mol. The molecule has 0 atom stereocenters. The van der Waals surface area contributed by atoms with Crippen LogP contribution in [-0.2, 0) is 38.5 Å². The number of benzene rings is 6. The molecule has 3 heteroatoms. The van der Waals surface area contributed by atoms with Crippen molar-refractivity contribution in [3.8, 4) is 11.1 Å². The van der Waals surface area contributed by atoms with Gasteiger partial charge >= 0.3 is 309 Å². The van der Waals surface area contributed by atoms with Crippen molar-refractivity contribution in [2.45, 2.75) is 79.1 Å². The number of halogens is 2. The number of hydrogen-bond acceptors (Lipinski definition) is 0. The summed E-state index contributed by atoms with van der Waals surface area (Å²) in [5.74, 6) is 0. The van der Waals surface area contributed by atoms with Gasteiger partial charge in [-0.15, -0.1) is 0 Å². The molecule has 0 fully saturated rings. The topological polar surface area (TPSA) is 0 Å². The van der Waals surface area contributed by atoms with Crippen LogP contribution in [0.15, 0.2) is 125 Å². The van der Waals surface area contributed by atoms with Crippen molar-refractivity contribution in [1.29, 1.82) is 0 Å². The summed E-state index contributed by atoms with van der Waals surface area (Å²) in [7, 11) is 0. The second kappa shape index (κ2) is 14.5. The van der Waals surface area contributed by atoms with Crippen LogP contribution in [0.4, 0.5) is 0 Å². The van der Waals surface area contributed by atoms with Gasteiger partial charge in [0.15, 0.2) is 0 Å². The molecule has 0 aromatic heterocycles. The summed E-state index contributed by atoms with van der Waals surface area (Å²) in [5.41, 5.74) is 14.8. The summed E-state index contributed by atoms with van der Waals surface area (Å²) in [6, 6.07) is 39.9. The van der Waals surface area contributed by atoms with Crippen molar-refractivity contribution in [1.82, 2.24) is 0 Å². The fraction of sp³-hybridized carbons (Fsp3) is 0.245. The molecular formula is C49H48Cl2Zr. The molecule has 0 bridgehead atoms. The van der Waals surface area contributed by atoms with Gasteiger partial charge in [0.2, 0.25) is 0 Å². The molecule has 0 amide bonds. The van der Waals surface area contributed by atoms with E-state index in [0.29, 0.717) is 0 Å². The summed E-state index contributed by atoms with van der Waals surface area (Å²) in [6.07, 6.45) is 9.28. The van der Waals surface area contributed by atoms with Gasteiger partial charge in [0.05, 0.1) is 0 Å². The molecule has 6 aromatic rings. The van der Waals surface area contributed by atoms with Crippen LogP contribution in [0.25, 0.3) is 32.7 Å². The molecule has 0 spiro atoms. The van der Waals surface area contributed by atoms with Crippen LogP contribution in [0.2, 0.25) is 0 Å². The Kier molecular flexibility index (Phi) is 10.7. The molecule has 0 radical (unpaired) electrons. The quantitative estimate of drug-likeness (QED) is 0.201. The first-order chi connectivity index (χ1) is 23.9. The SMILES string of the molecule is Cc1cc2c(cc1C(C)(C)C)-c1cc(C(C)(C)C)c(C)[c]([Zr+2]([C]3=CC=CC3)=[C](c3ccc4ccccc4c3)c3ccc4ccccc4c3)c1C2.[Cl-].[Cl-]. The number of rotatable bonds is 4. The molecule has 52 heavy (non-hydrogen) atoms. The Morgan fingerprint density at radius 1 is 0.596 bits per heavy atom. The van der Waals surface area contributed by atoms with Gasteiger partial charge < -0.3 is 24.8 Å². The third-order valence-electron chi connectivity index (χ3n) is 11.1. The van der Waals surface area contributed by atoms with Gasteiger partial charge in [0.1, 0.15) is 0 Å². The van der Waals surface area contributed by atoms with Gasteiger partial charge in [-0.3, -0.25) is 0 Å². The third-order valence-corrected chi connectivity index (χ3v) is 19.1. The second-order valence-electron chi connectivity index (χ2n) is 16.6. The molecule has 0 saturated heterocycles. The molecule has 2 aliphatic carbocycles. The van der Waals surface area contributed by atoms with E-state index < -0.39 is 21.3 Å². The van der Waals surface area contributed by atoms with Crippen molar-refractivity contribution in [3.05, 3.63) is 169 Å². The monoisotopic (exact) mass is 796 g/mol. The summed E-state index contributed by atoms with van der Waals surface area (Å²) in [4.78, 5) is 0. The van der Waals surface area contributed by atoms with Gasteiger partial charge in [-0.2, -0.15) is 0 Å². The zero-order chi connectivity index (χ0) is 34.9. The average Bonchev–Trinajstić information content (AvgIpc) is 3.73. The van der Waals surface area contributed by atoms with E-state index in [1.54, 1.807) is 15.3 Å². The van der Waals surface area contributed by atoms with Gasteiger partial charge in [-0.25, -0.2) is 0 Å². The Morgan fingerprint density at radius 2 is 1.13 bits per heavy atom. The Bertz CT molecular complexity index is 2380. The van der Waals surface area contributed by atoms with Crippen molar-refractivity contribution in [3.63, 3.8) is 0 Å². The van der Waals surface area contributed by atoms with E-state index in [9.17, 15) is 0 Å². The molecule has 0 heterocycles. The first kappa shape index (κ1) is 38.4. The summed E-state index contributed by atoms with van der Waals surface area (Å²) in [5, 5.41) is 5.22. The molecule has 0 unspecified atom stereocenters. The van der Waals surface area contributed by atoms with Gasteiger partial charge in [0.25, 0.3) is 0 Å². The van der Waals surface area contributed by atoms with Crippen LogP contribution in [0.1, 0.15) is 92.5 Å². The molecule has 6 aromatic carbocycles. The largest absolute Gasteiger partial charge is 1.00 e. The molecule has 8 rings (SSSR count). The summed E-state index contributed by atoms with van der Waals surface area (Å²) >= 11 is -2.92. The standard InChI is InChI=1S/C23H29.C21H14.C5H5.2ClH.Zr/c1-14-9-16-11-17-10-15(2)21(23(6,7)8)13-19(17)18(16)12-20(14)22(3,4)5;1-3-7-20-14-16(9-11-18(20)5-1)13-17-10-12-19-6-2-4-8-21(19)15-17;1-2-4-5-3-1;;;/h9,12-13H,11H2,1-8H3;1-12,14-15H;1-3H,4H2;2*1H;/q;;;;;+2/p-2. The van der Waals surface area contributed by atoms with Crippen molar-refractivity contribution < 1.29 is 46.1 Å². The zero-order valence-electron chi connectivity index (χ0n) is 31.7. The van der Waals surface area contributed by atoms with Crippen LogP contribution in [0.3, 0.4) is 0 Å². The summed E-state index contributed by atoms with van der Waals surface area (Å²) < 4.78 is 4.97. The summed E-state index contributed by atoms with van der Waals surface area (Å²) in [6.45, 7) is 19.1. The van der Waals surface area contributed by atoms with Crippen molar-refractivity contribution in [2.75, 3.05) is 0 Å². The normalized spacial score (nSPS) is 13.2. The maximum atomic E-state index is 2.59. The van der Waals surface area contributed by atoms with Crippen LogP contribution in [0.5, 0.6) is 0 Å². The van der Waals surface area contributed by atoms with E-state index in [0.717, 1.165) is 12.8 Å². The molecule has 262 valence electrons. The van der Waals surface area contributed by atoms with E-state index in [-0.39, 0.29) is 35.6 Å². The predicted molar refractivity (Wildman–Crippen MR) is 214 cm³/mol. The molecule has 0 saturated carbocycles. The van der Waals surface area contributed by atoms with E-state index >= 15 is 0 Å². The Morgan fingerprint density at radius 3 is 1.65 bits per heavy atom. The van der Waals surface area contributed by atoms with Crippen molar-refractivity contribution in [2.24, 2.45) is 0 Å². The van der Waals surface area contributed by atoms with Crippen molar-refractivity contribution >= 4 is 28.0 Å². The second-order valence-corrected chi connectivity index (χ2v) is 22.5. The number of allylic oxidation sites excluding steroid dienone is 4. The first-order valence-corrected chi connectivity index (χ1v) is 22.0. The van der Waals surface area contributed by atoms with Crippen LogP contribution >= 0.6 is 0 Å². The Labute approximate surface area is 331 Å². The van der Waals surface area contributed by atoms with Crippen LogP contribution in [0, 0.1) is 13.8 Å². The number of fused-ring (bicyclic) bond motifs is 5. The van der Waals surface area contributed by atoms with E-state index in [2.05, 4.69) is 177 Å². The predicted octanol–water partition coefficient (Wildman–Crippen LogP) is 6.14. The van der Waals surface area contributed by atoms with Gasteiger partial charge in [0, 0.05) is 0 Å². The average molecular weight is 799 g/mol. The Balaban J connectivity index is 0.00000232.